The normalized spacial score (nSPS) is 18.3. The second-order valence-electron chi connectivity index (χ2n) is 11.4. The molecule has 220 valence electrons. The van der Waals surface area contributed by atoms with Crippen molar-refractivity contribution < 1.29 is 9.84 Å². The van der Waals surface area contributed by atoms with Gasteiger partial charge in [0.05, 0.1) is 41.3 Å². The molecule has 42 heavy (non-hydrogen) atoms. The zero-order chi connectivity index (χ0) is 29.2. The van der Waals surface area contributed by atoms with Crippen LogP contribution in [0.25, 0.3) is 16.6 Å². The highest BCUT2D eigenvalue weighted by molar-refractivity contribution is 6.06. The molecule has 2 fully saturated rings. The van der Waals surface area contributed by atoms with Crippen LogP contribution in [0.4, 0.5) is 17.1 Å². The van der Waals surface area contributed by atoms with E-state index < -0.39 is 0 Å². The number of phenolic OH excluding ortho intramolecular Hbond substituents is 1. The lowest BCUT2D eigenvalue weighted by Crippen LogP contribution is -2.42. The minimum Gasteiger partial charge on any atom is -0.508 e. The van der Waals surface area contributed by atoms with Gasteiger partial charge in [-0.25, -0.2) is 9.51 Å². The quantitative estimate of drug-likeness (QED) is 0.211. The Balaban J connectivity index is 1.40. The number of nitrogens with zero attached hydrogens (tertiary/aromatic N) is 6. The smallest absolute Gasteiger partial charge is 0.135 e. The molecule has 1 aromatic carbocycles. The van der Waals surface area contributed by atoms with Crippen LogP contribution in [0.3, 0.4) is 0 Å². The molecule has 6 rings (SSSR count). The average molecular weight is 569 g/mol. The molecule has 5 heterocycles. The summed E-state index contributed by atoms with van der Waals surface area (Å²) in [6, 6.07) is 10.2. The Hall–Kier alpha value is -4.15. The average Bonchev–Trinajstić information content (AvgIpc) is 3.68. The molecule has 2 aliphatic rings. The van der Waals surface area contributed by atoms with Crippen LogP contribution in [0.1, 0.15) is 37.3 Å². The van der Waals surface area contributed by atoms with Crippen molar-refractivity contribution in [2.75, 3.05) is 50.6 Å². The van der Waals surface area contributed by atoms with E-state index in [0.717, 1.165) is 84.5 Å². The van der Waals surface area contributed by atoms with E-state index in [2.05, 4.69) is 52.5 Å². The number of pyridine rings is 1. The van der Waals surface area contributed by atoms with E-state index in [4.69, 9.17) is 20.6 Å². The molecule has 3 aromatic heterocycles. The summed E-state index contributed by atoms with van der Waals surface area (Å²) in [5.74, 6) is 0.578. The Morgan fingerprint density at radius 1 is 1.17 bits per heavy atom. The fourth-order valence-electron chi connectivity index (χ4n) is 6.06. The van der Waals surface area contributed by atoms with Crippen LogP contribution in [0.2, 0.25) is 0 Å². The zero-order valence-corrected chi connectivity index (χ0v) is 24.6. The molecule has 2 saturated heterocycles. The molecule has 0 spiro atoms. The molecule has 0 radical (unpaired) electrons. The Kier molecular flexibility index (Phi) is 7.99. The molecule has 4 N–H and O–H groups in total. The fraction of sp³-hybridized carbons (Fsp3) is 0.406. The fourth-order valence-corrected chi connectivity index (χ4v) is 6.06. The first-order valence-electron chi connectivity index (χ1n) is 14.8. The summed E-state index contributed by atoms with van der Waals surface area (Å²) in [6.07, 6.45) is 11.6. The topological polar surface area (TPSA) is 117 Å². The van der Waals surface area contributed by atoms with Gasteiger partial charge in [0.2, 0.25) is 0 Å². The standard InChI is InChI=1S/C32H40N8O2/c1-4-21-15-25(41)5-6-28(21)37-32(33)27-18-35-40-19-22(16-30(40)31(27)36-23-10-14-42-20-23)26-17-34-11-7-29(26)39-12-8-24(9-13-39)38(2)3/h5-7,11,15-19,23-24,36,41H,4,8-10,12-14,20H2,1-3H3,(H2,33,37)/t23-/m0/s1. The summed E-state index contributed by atoms with van der Waals surface area (Å²) in [4.78, 5) is 14.1. The highest BCUT2D eigenvalue weighted by Crippen LogP contribution is 2.36. The molecule has 0 unspecified atom stereocenters. The maximum Gasteiger partial charge on any atom is 0.135 e. The van der Waals surface area contributed by atoms with E-state index in [-0.39, 0.29) is 11.8 Å². The first-order valence-corrected chi connectivity index (χ1v) is 14.8. The summed E-state index contributed by atoms with van der Waals surface area (Å²) >= 11 is 0. The summed E-state index contributed by atoms with van der Waals surface area (Å²) < 4.78 is 7.57. The zero-order valence-electron chi connectivity index (χ0n) is 24.6. The molecule has 1 atom stereocenters. The van der Waals surface area contributed by atoms with Crippen molar-refractivity contribution in [1.29, 1.82) is 0 Å². The Labute approximate surface area is 246 Å². The molecular formula is C32H40N8O2. The van der Waals surface area contributed by atoms with Crippen LogP contribution in [0.5, 0.6) is 5.75 Å². The second-order valence-corrected chi connectivity index (χ2v) is 11.4. The third kappa shape index (κ3) is 5.64. The maximum absolute atomic E-state index is 9.95. The highest BCUT2D eigenvalue weighted by Gasteiger charge is 2.25. The number of piperidine rings is 1. The Bertz CT molecular complexity index is 1580. The summed E-state index contributed by atoms with van der Waals surface area (Å²) in [5, 5.41) is 18.4. The number of aryl methyl sites for hydroxylation is 1. The van der Waals surface area contributed by atoms with Crippen LogP contribution >= 0.6 is 0 Å². The van der Waals surface area contributed by atoms with Crippen molar-refractivity contribution in [3.8, 4) is 16.9 Å². The molecule has 0 aliphatic carbocycles. The first kappa shape index (κ1) is 28.0. The predicted molar refractivity (Wildman–Crippen MR) is 168 cm³/mol. The van der Waals surface area contributed by atoms with Crippen molar-refractivity contribution in [2.24, 2.45) is 10.7 Å². The summed E-state index contributed by atoms with van der Waals surface area (Å²) in [5.41, 5.74) is 14.2. The third-order valence-electron chi connectivity index (χ3n) is 8.52. The molecule has 4 aromatic rings. The lowest BCUT2D eigenvalue weighted by atomic mass is 10.0. The SMILES string of the molecule is CCc1cc(O)ccc1N=C(N)c1cnn2cc(-c3cnccc3N3CCC(N(C)C)CC3)cc2c1N[C@H]1CCOC1. The molecule has 0 saturated carbocycles. The van der Waals surface area contributed by atoms with Gasteiger partial charge in [0, 0.05) is 61.1 Å². The molecular weight excluding hydrogens is 528 g/mol. The maximum atomic E-state index is 9.95. The van der Waals surface area contributed by atoms with Crippen molar-refractivity contribution in [3.63, 3.8) is 0 Å². The van der Waals surface area contributed by atoms with Crippen LogP contribution in [0, 0.1) is 0 Å². The van der Waals surface area contributed by atoms with Gasteiger partial charge in [-0.3, -0.25) is 4.98 Å². The third-order valence-corrected chi connectivity index (χ3v) is 8.52. The molecule has 0 bridgehead atoms. The predicted octanol–water partition coefficient (Wildman–Crippen LogP) is 4.43. The Morgan fingerprint density at radius 2 is 2.00 bits per heavy atom. The number of anilines is 2. The number of aliphatic imine (C=N–C) groups is 1. The number of ether oxygens (including phenoxy) is 1. The number of hydrogen-bond donors (Lipinski definition) is 3. The van der Waals surface area contributed by atoms with Crippen molar-refractivity contribution in [1.82, 2.24) is 19.5 Å². The van der Waals surface area contributed by atoms with Crippen molar-refractivity contribution >= 4 is 28.4 Å². The summed E-state index contributed by atoms with van der Waals surface area (Å²) in [7, 11) is 4.33. The van der Waals surface area contributed by atoms with Gasteiger partial charge >= 0.3 is 0 Å². The monoisotopic (exact) mass is 568 g/mol. The minimum atomic E-state index is 0.160. The molecule has 10 nitrogen and oxygen atoms in total. The van der Waals surface area contributed by atoms with Crippen LogP contribution in [0.15, 0.2) is 60.1 Å². The number of hydrogen-bond acceptors (Lipinski definition) is 8. The van der Waals surface area contributed by atoms with Gasteiger partial charge in [-0.15, -0.1) is 0 Å². The van der Waals surface area contributed by atoms with Gasteiger partial charge < -0.3 is 30.7 Å². The van der Waals surface area contributed by atoms with Crippen LogP contribution < -0.4 is 16.0 Å². The number of aromatic hydroxyl groups is 1. The number of aromatic nitrogens is 3. The van der Waals surface area contributed by atoms with Gasteiger partial charge in [-0.2, -0.15) is 5.10 Å². The number of benzene rings is 1. The van der Waals surface area contributed by atoms with E-state index in [9.17, 15) is 5.11 Å². The lowest BCUT2D eigenvalue weighted by Gasteiger charge is -2.37. The Morgan fingerprint density at radius 3 is 2.74 bits per heavy atom. The van der Waals surface area contributed by atoms with Crippen LogP contribution in [-0.2, 0) is 11.2 Å². The summed E-state index contributed by atoms with van der Waals surface area (Å²) in [6.45, 7) is 5.40. The van der Waals surface area contributed by atoms with Gasteiger partial charge in [-0.1, -0.05) is 6.92 Å². The van der Waals surface area contributed by atoms with Crippen molar-refractivity contribution in [3.05, 3.63) is 66.2 Å². The largest absolute Gasteiger partial charge is 0.508 e. The number of phenols is 1. The number of nitrogens with one attached hydrogen (secondary N) is 1. The van der Waals surface area contributed by atoms with E-state index in [0.29, 0.717) is 18.5 Å². The van der Waals surface area contributed by atoms with Gasteiger partial charge in [0.1, 0.15) is 11.6 Å². The van der Waals surface area contributed by atoms with E-state index in [1.807, 2.05) is 23.8 Å². The lowest BCUT2D eigenvalue weighted by molar-refractivity contribution is 0.195. The van der Waals surface area contributed by atoms with E-state index >= 15 is 0 Å². The van der Waals surface area contributed by atoms with E-state index in [1.165, 1.54) is 5.69 Å². The number of nitrogens with two attached hydrogens (primary N) is 1. The number of amidine groups is 1. The van der Waals surface area contributed by atoms with Gasteiger partial charge in [0.25, 0.3) is 0 Å². The number of fused-ring (bicyclic) bond motifs is 1. The highest BCUT2D eigenvalue weighted by atomic mass is 16.5. The first-order chi connectivity index (χ1) is 20.4. The van der Waals surface area contributed by atoms with Crippen molar-refractivity contribution in [2.45, 2.75) is 44.7 Å². The van der Waals surface area contributed by atoms with E-state index in [1.54, 1.807) is 24.4 Å². The molecule has 0 amide bonds. The molecule has 10 heteroatoms. The second kappa shape index (κ2) is 12.0. The van der Waals surface area contributed by atoms with Gasteiger partial charge in [-0.05, 0) is 75.7 Å². The molecule has 2 aliphatic heterocycles. The van der Waals surface area contributed by atoms with Gasteiger partial charge in [0.15, 0.2) is 0 Å². The minimum absolute atomic E-state index is 0.160. The number of rotatable bonds is 8. The van der Waals surface area contributed by atoms with Crippen LogP contribution in [-0.4, -0.2) is 82.9 Å².